The van der Waals surface area contributed by atoms with Crippen LogP contribution in [-0.2, 0) is 0 Å². The molecule has 0 unspecified atom stereocenters. The minimum Gasteiger partial charge on any atom is -0.417 e. The molecular formula is C7H7NO2. The summed E-state index contributed by atoms with van der Waals surface area (Å²) in [6, 6.07) is 0. The molecule has 0 spiro atoms. The van der Waals surface area contributed by atoms with Gasteiger partial charge in [-0.05, 0) is 6.08 Å². The molecule has 0 fully saturated rings. The Bertz CT molecular complexity index is 244. The topological polar surface area (TPSA) is 46.3 Å². The Kier molecular flexibility index (Phi) is 1.58. The minimum atomic E-state index is -0.192. The number of rotatable bonds is 0. The maximum atomic E-state index is 10.3. The molecule has 3 nitrogen and oxygen atoms in total. The number of hydrogen-bond donors (Lipinski definition) is 1. The van der Waals surface area contributed by atoms with Crippen molar-refractivity contribution in [3.8, 4) is 0 Å². The van der Waals surface area contributed by atoms with E-state index in [1.165, 1.54) is 6.08 Å². The summed E-state index contributed by atoms with van der Waals surface area (Å²) in [4.78, 5) is -0.192. The van der Waals surface area contributed by atoms with Crippen LogP contribution >= 0.6 is 0 Å². The van der Waals surface area contributed by atoms with Gasteiger partial charge >= 0.3 is 0 Å². The van der Waals surface area contributed by atoms with Crippen molar-refractivity contribution in [2.45, 2.75) is 0 Å². The van der Waals surface area contributed by atoms with Crippen LogP contribution in [-0.4, -0.2) is 15.8 Å². The molecule has 10 heavy (non-hydrogen) atoms. The van der Waals surface area contributed by atoms with Gasteiger partial charge in [-0.15, -0.1) is 0 Å². The molecule has 0 aromatic carbocycles. The van der Waals surface area contributed by atoms with Crippen LogP contribution in [0.4, 0.5) is 0 Å². The highest BCUT2D eigenvalue weighted by Gasteiger charge is 2.10. The highest BCUT2D eigenvalue weighted by Crippen LogP contribution is 2.03. The van der Waals surface area contributed by atoms with Crippen LogP contribution in [0, 0.1) is 5.21 Å². The molecule has 0 aromatic rings. The first kappa shape index (κ1) is 6.61. The van der Waals surface area contributed by atoms with Gasteiger partial charge in [0.15, 0.2) is 0 Å². The van der Waals surface area contributed by atoms with Gasteiger partial charge in [0.05, 0.1) is 0 Å². The number of hydrogen-bond acceptors (Lipinski definition) is 2. The summed E-state index contributed by atoms with van der Waals surface area (Å²) < 4.78 is 0. The smallest absolute Gasteiger partial charge is 0.274 e. The molecule has 0 aliphatic heterocycles. The van der Waals surface area contributed by atoms with Crippen LogP contribution in [0.2, 0.25) is 0 Å². The number of allylic oxidation sites excluding steroid dienone is 5. The van der Waals surface area contributed by atoms with E-state index in [2.05, 4.69) is 6.58 Å². The minimum absolute atomic E-state index is 0.183. The third kappa shape index (κ3) is 1.07. The van der Waals surface area contributed by atoms with E-state index in [9.17, 15) is 5.21 Å². The Labute approximate surface area is 58.5 Å². The largest absolute Gasteiger partial charge is 0.417 e. The third-order valence-corrected chi connectivity index (χ3v) is 1.20. The molecule has 52 valence electrons. The zero-order valence-electron chi connectivity index (χ0n) is 5.32. The molecule has 0 heterocycles. The van der Waals surface area contributed by atoms with E-state index in [1.807, 2.05) is 0 Å². The van der Waals surface area contributed by atoms with Gasteiger partial charge in [-0.25, -0.2) is 0 Å². The van der Waals surface area contributed by atoms with Crippen molar-refractivity contribution < 1.29 is 10.1 Å². The van der Waals surface area contributed by atoms with Crippen molar-refractivity contribution in [3.63, 3.8) is 0 Å². The molecule has 0 bridgehead atoms. The van der Waals surface area contributed by atoms with Crippen molar-refractivity contribution >= 4 is 5.71 Å². The zero-order valence-corrected chi connectivity index (χ0v) is 5.32. The van der Waals surface area contributed by atoms with Crippen molar-refractivity contribution in [3.05, 3.63) is 41.7 Å². The normalized spacial score (nSPS) is 21.4. The van der Waals surface area contributed by atoms with Gasteiger partial charge < -0.3 is 5.21 Å². The molecule has 1 rings (SSSR count). The van der Waals surface area contributed by atoms with Crippen LogP contribution in [0.3, 0.4) is 0 Å². The lowest BCUT2D eigenvalue weighted by molar-refractivity contribution is -0.725. The second-order valence-electron chi connectivity index (χ2n) is 1.90. The second-order valence-corrected chi connectivity index (χ2v) is 1.90. The van der Waals surface area contributed by atoms with E-state index in [1.54, 1.807) is 18.2 Å². The number of nitrogens with zero attached hydrogens (tertiary/aromatic N) is 1. The van der Waals surface area contributed by atoms with Crippen LogP contribution in [0.15, 0.2) is 36.5 Å². The fourth-order valence-electron chi connectivity index (χ4n) is 0.697. The summed E-state index contributed by atoms with van der Waals surface area (Å²) >= 11 is 0. The van der Waals surface area contributed by atoms with Gasteiger partial charge in [-0.3, -0.25) is 5.21 Å². The first-order valence-corrected chi connectivity index (χ1v) is 2.79. The van der Waals surface area contributed by atoms with Gasteiger partial charge in [0, 0.05) is 16.6 Å². The summed E-state index contributed by atoms with van der Waals surface area (Å²) in [7, 11) is 0. The molecule has 3 heteroatoms. The molecule has 0 amide bonds. The lowest BCUT2D eigenvalue weighted by Crippen LogP contribution is -2.12. The van der Waals surface area contributed by atoms with Crippen molar-refractivity contribution in [1.82, 2.24) is 0 Å². The maximum absolute atomic E-state index is 10.3. The quantitative estimate of drug-likeness (QED) is 0.307. The lowest BCUT2D eigenvalue weighted by atomic mass is 10.1. The Morgan fingerprint density at radius 2 is 2.00 bits per heavy atom. The van der Waals surface area contributed by atoms with Crippen molar-refractivity contribution in [1.29, 1.82) is 0 Å². The highest BCUT2D eigenvalue weighted by atomic mass is 16.8. The zero-order chi connectivity index (χ0) is 7.56. The Morgan fingerprint density at radius 3 is 2.40 bits per heavy atom. The highest BCUT2D eigenvalue weighted by molar-refractivity contribution is 6.07. The van der Waals surface area contributed by atoms with Crippen molar-refractivity contribution in [2.24, 2.45) is 0 Å². The van der Waals surface area contributed by atoms with Crippen LogP contribution in [0.25, 0.3) is 0 Å². The summed E-state index contributed by atoms with van der Waals surface area (Å²) in [5.41, 5.74) is 0.697. The van der Waals surface area contributed by atoms with Crippen LogP contribution in [0.1, 0.15) is 0 Å². The van der Waals surface area contributed by atoms with E-state index < -0.39 is 0 Å². The van der Waals surface area contributed by atoms with Gasteiger partial charge in [0.25, 0.3) is 5.71 Å². The Balaban J connectivity index is 3.02. The van der Waals surface area contributed by atoms with Gasteiger partial charge in [0.2, 0.25) is 0 Å². The molecule has 0 saturated carbocycles. The van der Waals surface area contributed by atoms with E-state index >= 15 is 0 Å². The molecule has 1 aliphatic rings. The fraction of sp³-hybridized carbons (Fsp3) is 0. The van der Waals surface area contributed by atoms with Gasteiger partial charge in [0.1, 0.15) is 0 Å². The van der Waals surface area contributed by atoms with Crippen molar-refractivity contribution in [2.75, 3.05) is 0 Å². The predicted octanol–water partition coefficient (Wildman–Crippen LogP) is 1.01. The van der Waals surface area contributed by atoms with Gasteiger partial charge in [-0.1, -0.05) is 18.7 Å². The second kappa shape index (κ2) is 2.39. The van der Waals surface area contributed by atoms with Gasteiger partial charge in [-0.2, -0.15) is 0 Å². The Hall–Kier alpha value is -1.51. The SMILES string of the molecule is C=C1C=CC=C/C1=[N+](\[O-])O. The molecule has 0 saturated heterocycles. The standard InChI is InChI=1S/C7H7NO2/c1-6-4-2-3-5-7(6)8(9)10/h2-5H,1H2,(H,9,10). The monoisotopic (exact) mass is 137 g/mol. The molecule has 0 radical (unpaired) electrons. The average Bonchev–Trinajstić information content (AvgIpc) is 1.88. The molecule has 0 aromatic heterocycles. The third-order valence-electron chi connectivity index (χ3n) is 1.20. The first-order chi connectivity index (χ1) is 4.72. The summed E-state index contributed by atoms with van der Waals surface area (Å²) in [5.74, 6) is 0. The van der Waals surface area contributed by atoms with Crippen LogP contribution < -0.4 is 0 Å². The summed E-state index contributed by atoms with van der Waals surface area (Å²) in [6.45, 7) is 3.54. The fourth-order valence-corrected chi connectivity index (χ4v) is 0.697. The molecule has 1 aliphatic carbocycles. The lowest BCUT2D eigenvalue weighted by Gasteiger charge is -1.98. The average molecular weight is 137 g/mol. The van der Waals surface area contributed by atoms with E-state index in [-0.39, 0.29) is 10.6 Å². The Morgan fingerprint density at radius 1 is 1.40 bits per heavy atom. The summed E-state index contributed by atoms with van der Waals surface area (Å²) in [6.07, 6.45) is 6.55. The molecule has 1 N–H and O–H groups in total. The maximum Gasteiger partial charge on any atom is 0.274 e. The molecule has 0 atom stereocenters. The van der Waals surface area contributed by atoms with E-state index in [4.69, 9.17) is 5.21 Å². The predicted molar refractivity (Wildman–Crippen MR) is 37.8 cm³/mol. The van der Waals surface area contributed by atoms with E-state index in [0.29, 0.717) is 5.57 Å². The van der Waals surface area contributed by atoms with Crippen LogP contribution in [0.5, 0.6) is 0 Å². The molecular weight excluding hydrogens is 130 g/mol. The first-order valence-electron chi connectivity index (χ1n) is 2.79. The van der Waals surface area contributed by atoms with E-state index in [0.717, 1.165) is 0 Å². The summed E-state index contributed by atoms with van der Waals surface area (Å²) in [5, 5.41) is 18.7.